The third-order valence-corrected chi connectivity index (χ3v) is 4.63. The van der Waals surface area contributed by atoms with Crippen LogP contribution in [0, 0.1) is 11.8 Å². The number of amides is 2. The fourth-order valence-corrected chi connectivity index (χ4v) is 3.48. The highest BCUT2D eigenvalue weighted by Crippen LogP contribution is 2.18. The molecule has 2 heterocycles. The Hall–Kier alpha value is -1.14. The molecule has 2 rings (SSSR count). The minimum Gasteiger partial charge on any atom is -0.369 e. The summed E-state index contributed by atoms with van der Waals surface area (Å²) in [5, 5.41) is 3.22. The second kappa shape index (κ2) is 7.75. The molecule has 2 aliphatic rings. The zero-order chi connectivity index (χ0) is 15.2. The van der Waals surface area contributed by atoms with Crippen LogP contribution in [0.4, 0.5) is 0 Å². The van der Waals surface area contributed by atoms with Gasteiger partial charge in [0.05, 0.1) is 12.5 Å². The van der Waals surface area contributed by atoms with Gasteiger partial charge in [-0.3, -0.25) is 14.5 Å². The molecule has 0 saturated carbocycles. The van der Waals surface area contributed by atoms with Crippen molar-refractivity contribution in [2.24, 2.45) is 17.6 Å². The third kappa shape index (κ3) is 4.68. The number of primary amides is 1. The van der Waals surface area contributed by atoms with Crippen LogP contribution < -0.4 is 11.1 Å². The number of rotatable bonds is 5. The number of nitrogens with two attached hydrogens (primary N) is 1. The quantitative estimate of drug-likeness (QED) is 0.726. The molecule has 0 aromatic rings. The summed E-state index contributed by atoms with van der Waals surface area (Å²) in [7, 11) is 1.97. The SMILES string of the molecule is CNCC1CCCN(CC(=O)N2CCCC(C(N)=O)C2)C1. The normalized spacial score (nSPS) is 27.6. The Bertz CT molecular complexity index is 373. The van der Waals surface area contributed by atoms with Gasteiger partial charge < -0.3 is 16.0 Å². The van der Waals surface area contributed by atoms with Gasteiger partial charge in [-0.05, 0) is 51.7 Å². The van der Waals surface area contributed by atoms with E-state index in [1.165, 1.54) is 6.42 Å². The van der Waals surface area contributed by atoms with Crippen LogP contribution in [0.5, 0.6) is 0 Å². The summed E-state index contributed by atoms with van der Waals surface area (Å²) in [6.07, 6.45) is 4.08. The predicted octanol–water partition coefficient (Wildman–Crippen LogP) is -0.358. The van der Waals surface area contributed by atoms with Gasteiger partial charge in [-0.25, -0.2) is 0 Å². The molecule has 2 amide bonds. The summed E-state index contributed by atoms with van der Waals surface area (Å²) < 4.78 is 0. The van der Waals surface area contributed by atoms with Crippen molar-refractivity contribution in [1.82, 2.24) is 15.1 Å². The molecule has 6 heteroatoms. The molecule has 2 atom stereocenters. The standard InChI is InChI=1S/C15H28N4O2/c1-17-8-12-4-2-6-18(9-12)11-14(20)19-7-3-5-13(10-19)15(16)21/h12-13,17H,2-11H2,1H3,(H2,16,21). The van der Waals surface area contributed by atoms with Gasteiger partial charge in [0.1, 0.15) is 0 Å². The molecule has 0 aromatic heterocycles. The average molecular weight is 296 g/mol. The maximum Gasteiger partial charge on any atom is 0.236 e. The van der Waals surface area contributed by atoms with Gasteiger partial charge >= 0.3 is 0 Å². The van der Waals surface area contributed by atoms with Crippen LogP contribution in [0.1, 0.15) is 25.7 Å². The molecule has 120 valence electrons. The smallest absolute Gasteiger partial charge is 0.236 e. The van der Waals surface area contributed by atoms with Crippen LogP contribution in [0.15, 0.2) is 0 Å². The lowest BCUT2D eigenvalue weighted by Crippen LogP contribution is -2.49. The van der Waals surface area contributed by atoms with Crippen LogP contribution in [-0.4, -0.2) is 67.9 Å². The molecule has 2 fully saturated rings. The summed E-state index contributed by atoms with van der Waals surface area (Å²) in [5.41, 5.74) is 5.37. The van der Waals surface area contributed by atoms with E-state index in [0.29, 0.717) is 19.0 Å². The molecule has 21 heavy (non-hydrogen) atoms. The second-order valence-electron chi connectivity index (χ2n) is 6.38. The molecule has 0 aliphatic carbocycles. The fraction of sp³-hybridized carbons (Fsp3) is 0.867. The molecule has 0 spiro atoms. The zero-order valence-electron chi connectivity index (χ0n) is 13.0. The van der Waals surface area contributed by atoms with E-state index >= 15 is 0 Å². The largest absolute Gasteiger partial charge is 0.369 e. The minimum absolute atomic E-state index is 0.144. The minimum atomic E-state index is -0.278. The molecule has 0 bridgehead atoms. The molecule has 3 N–H and O–H groups in total. The summed E-state index contributed by atoms with van der Waals surface area (Å²) in [4.78, 5) is 27.8. The number of hydrogen-bond donors (Lipinski definition) is 2. The first-order valence-corrected chi connectivity index (χ1v) is 8.04. The number of piperidine rings is 2. The van der Waals surface area contributed by atoms with Crippen molar-refractivity contribution >= 4 is 11.8 Å². The van der Waals surface area contributed by atoms with E-state index in [9.17, 15) is 9.59 Å². The Morgan fingerprint density at radius 3 is 2.67 bits per heavy atom. The van der Waals surface area contributed by atoms with Crippen LogP contribution in [0.2, 0.25) is 0 Å². The average Bonchev–Trinajstić information content (AvgIpc) is 2.48. The van der Waals surface area contributed by atoms with Gasteiger partial charge in [-0.15, -0.1) is 0 Å². The summed E-state index contributed by atoms with van der Waals surface area (Å²) in [6.45, 7) is 4.74. The number of carbonyl (C=O) groups excluding carboxylic acids is 2. The van der Waals surface area contributed by atoms with E-state index in [4.69, 9.17) is 5.73 Å². The molecule has 2 aliphatic heterocycles. The van der Waals surface area contributed by atoms with Crippen molar-refractivity contribution in [3.63, 3.8) is 0 Å². The van der Waals surface area contributed by atoms with Crippen molar-refractivity contribution in [1.29, 1.82) is 0 Å². The van der Waals surface area contributed by atoms with Crippen LogP contribution >= 0.6 is 0 Å². The number of nitrogens with one attached hydrogen (secondary N) is 1. The first kappa shape index (κ1) is 16.2. The van der Waals surface area contributed by atoms with E-state index in [1.54, 1.807) is 0 Å². The number of carbonyl (C=O) groups is 2. The highest BCUT2D eigenvalue weighted by molar-refractivity contribution is 5.81. The van der Waals surface area contributed by atoms with Gasteiger partial charge in [0.15, 0.2) is 0 Å². The van der Waals surface area contributed by atoms with E-state index in [0.717, 1.165) is 45.4 Å². The molecular formula is C15H28N4O2. The molecule has 6 nitrogen and oxygen atoms in total. The van der Waals surface area contributed by atoms with Crippen molar-refractivity contribution in [2.75, 3.05) is 46.3 Å². The lowest BCUT2D eigenvalue weighted by Gasteiger charge is -2.36. The van der Waals surface area contributed by atoms with Crippen molar-refractivity contribution in [2.45, 2.75) is 25.7 Å². The predicted molar refractivity (Wildman–Crippen MR) is 81.6 cm³/mol. The Kier molecular flexibility index (Phi) is 5.99. The van der Waals surface area contributed by atoms with Gasteiger partial charge in [0.2, 0.25) is 11.8 Å². The maximum absolute atomic E-state index is 12.4. The number of hydrogen-bond acceptors (Lipinski definition) is 4. The van der Waals surface area contributed by atoms with Crippen LogP contribution in [-0.2, 0) is 9.59 Å². The molecule has 2 saturated heterocycles. The van der Waals surface area contributed by atoms with E-state index < -0.39 is 0 Å². The lowest BCUT2D eigenvalue weighted by atomic mass is 9.96. The van der Waals surface area contributed by atoms with Crippen molar-refractivity contribution < 1.29 is 9.59 Å². The van der Waals surface area contributed by atoms with E-state index in [2.05, 4.69) is 10.2 Å². The van der Waals surface area contributed by atoms with Gasteiger partial charge in [0.25, 0.3) is 0 Å². The van der Waals surface area contributed by atoms with E-state index in [1.807, 2.05) is 11.9 Å². The highest BCUT2D eigenvalue weighted by atomic mass is 16.2. The fourth-order valence-electron chi connectivity index (χ4n) is 3.48. The Morgan fingerprint density at radius 2 is 1.95 bits per heavy atom. The van der Waals surface area contributed by atoms with Crippen LogP contribution in [0.3, 0.4) is 0 Å². The van der Waals surface area contributed by atoms with Gasteiger partial charge in [-0.2, -0.15) is 0 Å². The summed E-state index contributed by atoms with van der Waals surface area (Å²) >= 11 is 0. The molecular weight excluding hydrogens is 268 g/mol. The first-order valence-electron chi connectivity index (χ1n) is 8.04. The Morgan fingerprint density at radius 1 is 1.19 bits per heavy atom. The first-order chi connectivity index (χ1) is 10.1. The van der Waals surface area contributed by atoms with Gasteiger partial charge in [0, 0.05) is 19.6 Å². The topological polar surface area (TPSA) is 78.7 Å². The Labute approximate surface area is 127 Å². The molecule has 0 radical (unpaired) electrons. The number of nitrogens with zero attached hydrogens (tertiary/aromatic N) is 2. The number of likely N-dealkylation sites (tertiary alicyclic amines) is 2. The monoisotopic (exact) mass is 296 g/mol. The summed E-state index contributed by atoms with van der Waals surface area (Å²) in [5.74, 6) is 0.336. The second-order valence-corrected chi connectivity index (χ2v) is 6.38. The zero-order valence-corrected chi connectivity index (χ0v) is 13.0. The van der Waals surface area contributed by atoms with Gasteiger partial charge in [-0.1, -0.05) is 0 Å². The van der Waals surface area contributed by atoms with Crippen LogP contribution in [0.25, 0.3) is 0 Å². The molecule has 0 aromatic carbocycles. The van der Waals surface area contributed by atoms with Crippen molar-refractivity contribution in [3.8, 4) is 0 Å². The third-order valence-electron chi connectivity index (χ3n) is 4.63. The molecule has 2 unspecified atom stereocenters. The lowest BCUT2D eigenvalue weighted by molar-refractivity contribution is -0.136. The maximum atomic E-state index is 12.4. The Balaban J connectivity index is 1.81. The van der Waals surface area contributed by atoms with Crippen molar-refractivity contribution in [3.05, 3.63) is 0 Å². The van der Waals surface area contributed by atoms with E-state index in [-0.39, 0.29) is 17.7 Å². The summed E-state index contributed by atoms with van der Waals surface area (Å²) in [6, 6.07) is 0. The highest BCUT2D eigenvalue weighted by Gasteiger charge is 2.28.